The fourth-order valence-corrected chi connectivity index (χ4v) is 1.61. The maximum Gasteiger partial charge on any atom is 0.341 e. The average Bonchev–Trinajstić information content (AvgIpc) is 2.42. The van der Waals surface area contributed by atoms with Crippen molar-refractivity contribution in [3.8, 4) is 0 Å². The van der Waals surface area contributed by atoms with Gasteiger partial charge in [0.15, 0.2) is 0 Å². The number of benzene rings is 1. The zero-order chi connectivity index (χ0) is 15.2. The summed E-state index contributed by atoms with van der Waals surface area (Å²) in [6.07, 6.45) is 0. The van der Waals surface area contributed by atoms with Crippen LogP contribution in [0.1, 0.15) is 10.4 Å². The quantitative estimate of drug-likeness (QED) is 0.204. The SMILES string of the molecule is O=C(OCO/N=[N+](\[O-])N1CC(C(=O)O)C1)c1ccccc1. The van der Waals surface area contributed by atoms with Gasteiger partial charge >= 0.3 is 11.9 Å². The number of rotatable bonds is 6. The Hall–Kier alpha value is -2.84. The molecule has 1 aliphatic heterocycles. The van der Waals surface area contributed by atoms with Crippen LogP contribution >= 0.6 is 0 Å². The van der Waals surface area contributed by atoms with Gasteiger partial charge in [-0.15, -0.1) is 5.01 Å². The van der Waals surface area contributed by atoms with Crippen molar-refractivity contribution in [3.05, 3.63) is 41.1 Å². The van der Waals surface area contributed by atoms with Crippen LogP contribution in [-0.2, 0) is 14.4 Å². The van der Waals surface area contributed by atoms with Crippen molar-refractivity contribution < 1.29 is 29.2 Å². The van der Waals surface area contributed by atoms with E-state index in [1.54, 1.807) is 30.3 Å². The summed E-state index contributed by atoms with van der Waals surface area (Å²) in [6.45, 7) is -0.381. The zero-order valence-electron chi connectivity index (χ0n) is 10.9. The second kappa shape index (κ2) is 6.55. The highest BCUT2D eigenvalue weighted by molar-refractivity contribution is 5.89. The lowest BCUT2D eigenvalue weighted by atomic mass is 10.0. The predicted molar refractivity (Wildman–Crippen MR) is 66.6 cm³/mol. The molecule has 1 fully saturated rings. The van der Waals surface area contributed by atoms with E-state index in [1.165, 1.54) is 0 Å². The van der Waals surface area contributed by atoms with Crippen molar-refractivity contribution in [2.75, 3.05) is 19.9 Å². The maximum atomic E-state index is 11.5. The number of hydrogen-bond donors (Lipinski definition) is 1. The molecule has 21 heavy (non-hydrogen) atoms. The van der Waals surface area contributed by atoms with E-state index in [0.717, 1.165) is 5.01 Å². The van der Waals surface area contributed by atoms with Crippen molar-refractivity contribution in [2.24, 2.45) is 11.2 Å². The Morgan fingerprint density at radius 1 is 1.38 bits per heavy atom. The van der Waals surface area contributed by atoms with Gasteiger partial charge in [0.1, 0.15) is 5.92 Å². The summed E-state index contributed by atoms with van der Waals surface area (Å²) in [7, 11) is 0. The summed E-state index contributed by atoms with van der Waals surface area (Å²) < 4.78 is 4.74. The Labute approximate surface area is 119 Å². The molecular weight excluding hydrogens is 282 g/mol. The Balaban J connectivity index is 1.69. The van der Waals surface area contributed by atoms with E-state index in [0.29, 0.717) is 5.56 Å². The van der Waals surface area contributed by atoms with E-state index in [2.05, 4.69) is 10.1 Å². The third-order valence-electron chi connectivity index (χ3n) is 2.83. The summed E-state index contributed by atoms with van der Waals surface area (Å²) in [6, 6.07) is 8.28. The number of nitrogens with zero attached hydrogens (tertiary/aromatic N) is 3. The van der Waals surface area contributed by atoms with Crippen LogP contribution in [0, 0.1) is 11.1 Å². The summed E-state index contributed by atoms with van der Waals surface area (Å²) in [5, 5.41) is 24.3. The van der Waals surface area contributed by atoms with Gasteiger partial charge in [-0.2, -0.15) is 0 Å². The van der Waals surface area contributed by atoms with Crippen LogP contribution < -0.4 is 0 Å². The molecule has 1 heterocycles. The van der Waals surface area contributed by atoms with Crippen molar-refractivity contribution in [1.82, 2.24) is 5.01 Å². The molecule has 1 aliphatic rings. The van der Waals surface area contributed by atoms with Gasteiger partial charge < -0.3 is 19.9 Å². The van der Waals surface area contributed by atoms with Crippen LogP contribution in [0.5, 0.6) is 0 Å². The first-order chi connectivity index (χ1) is 10.1. The number of carboxylic acids is 1. The molecule has 112 valence electrons. The minimum absolute atomic E-state index is 0.0650. The Bertz CT molecular complexity index is 541. The lowest BCUT2D eigenvalue weighted by molar-refractivity contribution is -0.726. The highest BCUT2D eigenvalue weighted by Crippen LogP contribution is 2.15. The summed E-state index contributed by atoms with van der Waals surface area (Å²) in [5.41, 5.74) is 0.354. The Kier molecular flexibility index (Phi) is 4.54. The molecule has 1 aromatic carbocycles. The molecule has 0 bridgehead atoms. The molecule has 0 aliphatic carbocycles. The highest BCUT2D eigenvalue weighted by atomic mass is 16.8. The second-order valence-corrected chi connectivity index (χ2v) is 4.29. The number of carbonyl (C=O) groups is 2. The standard InChI is InChI=1S/C12H13N3O6/c16-11(17)10-6-14(7-10)15(19)13-21-8-20-12(18)9-4-2-1-3-5-9/h1-5,10H,6-8H2,(H,16,17)/b15-13-. The van der Waals surface area contributed by atoms with Crippen LogP contribution in [0.4, 0.5) is 0 Å². The first-order valence-electron chi connectivity index (χ1n) is 6.08. The first kappa shape index (κ1) is 14.6. The monoisotopic (exact) mass is 295 g/mol. The molecule has 9 heteroatoms. The molecule has 0 aromatic heterocycles. The Morgan fingerprint density at radius 3 is 2.67 bits per heavy atom. The lowest BCUT2D eigenvalue weighted by Crippen LogP contribution is -2.53. The number of aliphatic carboxylic acids is 1. The van der Waals surface area contributed by atoms with Crippen molar-refractivity contribution in [1.29, 1.82) is 0 Å². The second-order valence-electron chi connectivity index (χ2n) is 4.29. The largest absolute Gasteiger partial charge is 0.569 e. The van der Waals surface area contributed by atoms with Crippen LogP contribution in [-0.4, -0.2) is 46.9 Å². The minimum atomic E-state index is -0.961. The van der Waals surface area contributed by atoms with E-state index in [4.69, 9.17) is 9.84 Å². The summed E-state index contributed by atoms with van der Waals surface area (Å²) >= 11 is 0. The fraction of sp³-hybridized carbons (Fsp3) is 0.333. The molecule has 2 rings (SSSR count). The lowest BCUT2D eigenvalue weighted by Gasteiger charge is -2.30. The van der Waals surface area contributed by atoms with Crippen LogP contribution in [0.2, 0.25) is 0 Å². The number of esters is 1. The average molecular weight is 295 g/mol. The number of ether oxygens (including phenoxy) is 1. The van der Waals surface area contributed by atoms with Gasteiger partial charge in [0.05, 0.1) is 23.6 Å². The number of carboxylic acid groups (broad SMARTS) is 1. The van der Waals surface area contributed by atoms with Gasteiger partial charge in [0, 0.05) is 0 Å². The molecule has 0 radical (unpaired) electrons. The number of hydrogen-bond acceptors (Lipinski definition) is 6. The molecule has 1 N–H and O–H groups in total. The van der Waals surface area contributed by atoms with Gasteiger partial charge in [0.25, 0.3) is 6.79 Å². The smallest absolute Gasteiger partial charge is 0.341 e. The van der Waals surface area contributed by atoms with Crippen LogP contribution in [0.25, 0.3) is 0 Å². The van der Waals surface area contributed by atoms with Crippen molar-refractivity contribution in [2.45, 2.75) is 0 Å². The molecule has 0 saturated carbocycles. The zero-order valence-corrected chi connectivity index (χ0v) is 10.9. The molecule has 0 unspecified atom stereocenters. The molecule has 0 atom stereocenters. The van der Waals surface area contributed by atoms with E-state index in [9.17, 15) is 14.8 Å². The van der Waals surface area contributed by atoms with Gasteiger partial charge in [-0.05, 0) is 12.1 Å². The molecule has 0 spiro atoms. The van der Waals surface area contributed by atoms with Crippen LogP contribution in [0.15, 0.2) is 35.6 Å². The van der Waals surface area contributed by atoms with E-state index in [1.807, 2.05) is 0 Å². The molecule has 9 nitrogen and oxygen atoms in total. The number of hydrazine groups is 1. The molecular formula is C12H13N3O6. The Morgan fingerprint density at radius 2 is 2.05 bits per heavy atom. The van der Waals surface area contributed by atoms with Crippen molar-refractivity contribution in [3.63, 3.8) is 0 Å². The third kappa shape index (κ3) is 3.81. The predicted octanol–water partition coefficient (Wildman–Crippen LogP) is 0.626. The van der Waals surface area contributed by atoms with Crippen molar-refractivity contribution >= 4 is 11.9 Å². The van der Waals surface area contributed by atoms with Crippen LogP contribution in [0.3, 0.4) is 0 Å². The van der Waals surface area contributed by atoms with E-state index in [-0.39, 0.29) is 18.1 Å². The topological polar surface area (TPSA) is 114 Å². The number of carbonyl (C=O) groups excluding carboxylic acids is 1. The van der Waals surface area contributed by atoms with Gasteiger partial charge in [-0.3, -0.25) is 4.79 Å². The van der Waals surface area contributed by atoms with E-state index < -0.39 is 24.6 Å². The summed E-state index contributed by atoms with van der Waals surface area (Å²) in [5.74, 6) is -2.14. The third-order valence-corrected chi connectivity index (χ3v) is 2.83. The fourth-order valence-electron chi connectivity index (χ4n) is 1.61. The molecule has 0 amide bonds. The highest BCUT2D eigenvalue weighted by Gasteiger charge is 2.38. The summed E-state index contributed by atoms with van der Waals surface area (Å²) in [4.78, 5) is 26.7. The molecule has 1 aromatic rings. The normalized spacial score (nSPS) is 15.2. The van der Waals surface area contributed by atoms with Gasteiger partial charge in [-0.1, -0.05) is 18.2 Å². The maximum absolute atomic E-state index is 11.5. The van der Waals surface area contributed by atoms with E-state index >= 15 is 0 Å². The molecule has 1 saturated heterocycles. The van der Waals surface area contributed by atoms with Gasteiger partial charge in [0.2, 0.25) is 5.28 Å². The first-order valence-corrected chi connectivity index (χ1v) is 6.08. The minimum Gasteiger partial charge on any atom is -0.569 e. The van der Waals surface area contributed by atoms with Gasteiger partial charge in [-0.25, -0.2) is 4.79 Å².